The number of hydrogen-bond donors (Lipinski definition) is 2. The Bertz CT molecular complexity index is 723. The first-order valence-electron chi connectivity index (χ1n) is 8.10. The van der Waals surface area contributed by atoms with Crippen molar-refractivity contribution in [1.29, 1.82) is 0 Å². The summed E-state index contributed by atoms with van der Waals surface area (Å²) in [5.74, 6) is -0.148. The van der Waals surface area contributed by atoms with Crippen LogP contribution in [0.25, 0.3) is 0 Å². The lowest BCUT2D eigenvalue weighted by Gasteiger charge is -2.27. The predicted octanol–water partition coefficient (Wildman–Crippen LogP) is 4.58. The fourth-order valence-electron chi connectivity index (χ4n) is 2.19. The number of amides is 3. The first-order chi connectivity index (χ1) is 11.7. The van der Waals surface area contributed by atoms with Crippen molar-refractivity contribution in [2.24, 2.45) is 5.41 Å². The molecule has 0 bridgehead atoms. The second-order valence-corrected chi connectivity index (χ2v) is 7.86. The number of anilines is 3. The number of aromatic nitrogens is 1. The zero-order chi connectivity index (χ0) is 18.4. The molecule has 134 valence electrons. The maximum atomic E-state index is 12.8. The Morgan fingerprint density at radius 2 is 2.00 bits per heavy atom. The lowest BCUT2D eigenvalue weighted by atomic mass is 9.92. The second-order valence-electron chi connectivity index (χ2n) is 6.96. The van der Waals surface area contributed by atoms with Crippen molar-refractivity contribution in [3.63, 3.8) is 0 Å². The molecule has 0 aliphatic carbocycles. The van der Waals surface area contributed by atoms with E-state index in [9.17, 15) is 9.59 Å². The summed E-state index contributed by atoms with van der Waals surface area (Å²) < 4.78 is 0. The Morgan fingerprint density at radius 1 is 1.24 bits per heavy atom. The van der Waals surface area contributed by atoms with Crippen molar-refractivity contribution < 1.29 is 9.59 Å². The van der Waals surface area contributed by atoms with Gasteiger partial charge in [0.2, 0.25) is 5.91 Å². The van der Waals surface area contributed by atoms with Crippen molar-refractivity contribution in [3.8, 4) is 0 Å². The van der Waals surface area contributed by atoms with Gasteiger partial charge in [0.15, 0.2) is 5.13 Å². The van der Waals surface area contributed by atoms with Gasteiger partial charge in [0, 0.05) is 36.4 Å². The summed E-state index contributed by atoms with van der Waals surface area (Å²) in [4.78, 5) is 29.8. The maximum absolute atomic E-state index is 12.8. The summed E-state index contributed by atoms with van der Waals surface area (Å²) in [6.07, 6.45) is 2.49. The fourth-order valence-corrected chi connectivity index (χ4v) is 2.71. The minimum atomic E-state index is -0.237. The highest BCUT2D eigenvalue weighted by molar-refractivity contribution is 7.13. The van der Waals surface area contributed by atoms with Crippen molar-refractivity contribution in [2.45, 2.75) is 34.1 Å². The van der Waals surface area contributed by atoms with Crippen LogP contribution in [0.3, 0.4) is 0 Å². The van der Waals surface area contributed by atoms with Crippen molar-refractivity contribution in [3.05, 3.63) is 35.8 Å². The summed E-state index contributed by atoms with van der Waals surface area (Å²) in [5.41, 5.74) is 1.48. The molecule has 2 rings (SSSR count). The van der Waals surface area contributed by atoms with Crippen LogP contribution >= 0.6 is 11.3 Å². The van der Waals surface area contributed by atoms with Gasteiger partial charge in [0.1, 0.15) is 0 Å². The lowest BCUT2D eigenvalue weighted by Crippen LogP contribution is -2.37. The van der Waals surface area contributed by atoms with Crippen LogP contribution in [0.2, 0.25) is 0 Å². The van der Waals surface area contributed by atoms with Crippen molar-refractivity contribution >= 4 is 39.8 Å². The van der Waals surface area contributed by atoms with E-state index >= 15 is 0 Å². The van der Waals surface area contributed by atoms with E-state index in [1.807, 2.05) is 17.5 Å². The number of carbonyl (C=O) groups is 2. The quantitative estimate of drug-likeness (QED) is 0.820. The third-order valence-electron chi connectivity index (χ3n) is 3.45. The molecule has 1 heterocycles. The molecule has 7 heteroatoms. The molecule has 1 aromatic heterocycles. The average Bonchev–Trinajstić information content (AvgIpc) is 2.99. The van der Waals surface area contributed by atoms with E-state index in [-0.39, 0.29) is 17.4 Å². The molecule has 6 nitrogen and oxygen atoms in total. The van der Waals surface area contributed by atoms with E-state index in [0.29, 0.717) is 17.4 Å². The first kappa shape index (κ1) is 18.9. The number of urea groups is 1. The third-order valence-corrected chi connectivity index (χ3v) is 4.14. The van der Waals surface area contributed by atoms with Gasteiger partial charge in [-0.2, -0.15) is 0 Å². The first-order valence-corrected chi connectivity index (χ1v) is 8.98. The summed E-state index contributed by atoms with van der Waals surface area (Å²) in [5, 5.41) is 7.94. The third kappa shape index (κ3) is 6.19. The number of benzene rings is 1. The summed E-state index contributed by atoms with van der Waals surface area (Å²) >= 11 is 1.37. The van der Waals surface area contributed by atoms with E-state index in [1.165, 1.54) is 18.3 Å². The molecule has 1 aromatic carbocycles. The van der Waals surface area contributed by atoms with Crippen LogP contribution in [0.1, 0.15) is 34.1 Å². The van der Waals surface area contributed by atoms with Crippen LogP contribution in [-0.4, -0.2) is 23.5 Å². The number of nitrogens with one attached hydrogen (secondary N) is 2. The number of nitrogens with zero attached hydrogens (tertiary/aromatic N) is 2. The van der Waals surface area contributed by atoms with Crippen LogP contribution < -0.4 is 15.5 Å². The monoisotopic (exact) mass is 360 g/mol. The smallest absolute Gasteiger partial charge is 0.326 e. The van der Waals surface area contributed by atoms with Gasteiger partial charge in [0.25, 0.3) is 0 Å². The molecule has 3 amide bonds. The van der Waals surface area contributed by atoms with Gasteiger partial charge in [-0.15, -0.1) is 11.3 Å². The topological polar surface area (TPSA) is 74.3 Å². The molecule has 0 saturated carbocycles. The lowest BCUT2D eigenvalue weighted by molar-refractivity contribution is -0.114. The second kappa shape index (κ2) is 8.11. The molecule has 0 radical (unpaired) electrons. The van der Waals surface area contributed by atoms with Gasteiger partial charge in [-0.1, -0.05) is 26.8 Å². The standard InChI is InChI=1S/C18H24N4O2S/c1-13(23)20-14-6-5-7-15(12-14)22(10-8-18(2,3)4)17(24)21-16-19-9-11-25-16/h5-7,9,11-12H,8,10H2,1-4H3,(H,20,23)(H,19,21,24). The molecule has 0 unspecified atom stereocenters. The van der Waals surface area contributed by atoms with E-state index in [2.05, 4.69) is 36.4 Å². The van der Waals surface area contributed by atoms with E-state index < -0.39 is 0 Å². The number of carbonyl (C=O) groups excluding carboxylic acids is 2. The van der Waals surface area contributed by atoms with E-state index in [4.69, 9.17) is 0 Å². The molecule has 0 aliphatic rings. The molecule has 25 heavy (non-hydrogen) atoms. The van der Waals surface area contributed by atoms with Crippen LogP contribution in [-0.2, 0) is 4.79 Å². The molecular weight excluding hydrogens is 336 g/mol. The van der Waals surface area contributed by atoms with Crippen molar-refractivity contribution in [1.82, 2.24) is 4.98 Å². The molecule has 2 N–H and O–H groups in total. The average molecular weight is 360 g/mol. The summed E-state index contributed by atoms with van der Waals surface area (Å²) in [7, 11) is 0. The minimum absolute atomic E-state index is 0.0922. The molecule has 2 aromatic rings. The molecule has 0 saturated heterocycles. The predicted molar refractivity (Wildman–Crippen MR) is 103 cm³/mol. The molecular formula is C18H24N4O2S. The number of hydrogen-bond acceptors (Lipinski definition) is 4. The van der Waals surface area contributed by atoms with Gasteiger partial charge >= 0.3 is 6.03 Å². The Balaban J connectivity index is 2.23. The molecule has 0 aliphatic heterocycles. The largest absolute Gasteiger partial charge is 0.328 e. The van der Waals surface area contributed by atoms with Crippen molar-refractivity contribution in [2.75, 3.05) is 22.1 Å². The Morgan fingerprint density at radius 3 is 2.60 bits per heavy atom. The van der Waals surface area contributed by atoms with Gasteiger partial charge in [-0.25, -0.2) is 9.78 Å². The van der Waals surface area contributed by atoms with Crippen LogP contribution in [0.5, 0.6) is 0 Å². The zero-order valence-electron chi connectivity index (χ0n) is 15.0. The highest BCUT2D eigenvalue weighted by Crippen LogP contribution is 2.25. The summed E-state index contributed by atoms with van der Waals surface area (Å²) in [6, 6.07) is 7.03. The highest BCUT2D eigenvalue weighted by Gasteiger charge is 2.20. The summed E-state index contributed by atoms with van der Waals surface area (Å²) in [6.45, 7) is 8.43. The highest BCUT2D eigenvalue weighted by atomic mass is 32.1. The maximum Gasteiger partial charge on any atom is 0.328 e. The Labute approximate surface area is 152 Å². The van der Waals surface area contributed by atoms with Gasteiger partial charge in [-0.05, 0) is 30.0 Å². The number of rotatable bonds is 5. The van der Waals surface area contributed by atoms with Gasteiger partial charge in [0.05, 0.1) is 0 Å². The Kier molecular flexibility index (Phi) is 6.14. The van der Waals surface area contributed by atoms with Crippen LogP contribution in [0.4, 0.5) is 21.3 Å². The van der Waals surface area contributed by atoms with E-state index in [1.54, 1.807) is 23.2 Å². The fraction of sp³-hybridized carbons (Fsp3) is 0.389. The SMILES string of the molecule is CC(=O)Nc1cccc(N(CCC(C)(C)C)C(=O)Nc2nccs2)c1. The molecule has 0 fully saturated rings. The van der Waals surface area contributed by atoms with Crippen LogP contribution in [0, 0.1) is 5.41 Å². The normalized spacial score (nSPS) is 11.0. The molecule has 0 spiro atoms. The van der Waals surface area contributed by atoms with E-state index in [0.717, 1.165) is 12.1 Å². The molecule has 0 atom stereocenters. The van der Waals surface area contributed by atoms with Crippen LogP contribution in [0.15, 0.2) is 35.8 Å². The zero-order valence-corrected chi connectivity index (χ0v) is 15.8. The minimum Gasteiger partial charge on any atom is -0.326 e. The Hall–Kier alpha value is -2.41. The van der Waals surface area contributed by atoms with Gasteiger partial charge in [-0.3, -0.25) is 15.0 Å². The number of thiazole rings is 1. The van der Waals surface area contributed by atoms with Gasteiger partial charge < -0.3 is 5.32 Å².